The van der Waals surface area contributed by atoms with Crippen LogP contribution in [0.3, 0.4) is 0 Å². The van der Waals surface area contributed by atoms with Crippen LogP contribution in [-0.2, 0) is 0 Å². The Hall–Kier alpha value is -18.2. The third-order valence-electron chi connectivity index (χ3n) is 27.8. The first-order chi connectivity index (χ1) is 66.3. The average Bonchev–Trinajstić information content (AvgIpc) is 0.982. The molecule has 19 aromatic carbocycles. The van der Waals surface area contributed by atoms with Crippen molar-refractivity contribution in [2.75, 3.05) is 14.7 Å². The molecule has 29 rings (SSSR count). The summed E-state index contributed by atoms with van der Waals surface area (Å²) in [6.07, 6.45) is 4.32. The molecule has 0 aliphatic carbocycles. The summed E-state index contributed by atoms with van der Waals surface area (Å²) in [5.74, 6) is 8.37. The van der Waals surface area contributed by atoms with Gasteiger partial charge in [-0.2, -0.15) is 0 Å². The van der Waals surface area contributed by atoms with Crippen LogP contribution in [0.1, 0.15) is 23.7 Å². The Kier molecular flexibility index (Phi) is 15.5. The summed E-state index contributed by atoms with van der Waals surface area (Å²) >= 11 is 0. The summed E-state index contributed by atoms with van der Waals surface area (Å²) in [5, 5.41) is 8.19. The topological polar surface area (TPSA) is 84.8 Å². The zero-order chi connectivity index (χ0) is 87.8. The highest BCUT2D eigenvalue weighted by atomic mass is 16.5. The second-order valence-corrected chi connectivity index (χ2v) is 35.2. The fraction of sp³-hybridized carbons (Fsp3) is 0.00826. The number of ether oxygens (including phenoxy) is 6. The smallest absolute Gasteiger partial charge is 0.157 e. The van der Waals surface area contributed by atoms with Gasteiger partial charge in [0.25, 0.3) is 0 Å². The molecule has 0 radical (unpaired) electrons. The Morgan fingerprint density at radius 2 is 0.515 bits per heavy atom. The van der Waals surface area contributed by atoms with Gasteiger partial charge in [0.2, 0.25) is 0 Å². The van der Waals surface area contributed by atoms with E-state index < -0.39 is 0 Å². The molecular weight excluding hydrogens is 1650 g/mol. The molecule has 0 unspecified atom stereocenters. The normalized spacial score (nSPS) is 13.2. The molecule has 6 aliphatic heterocycles. The number of allylic oxidation sites excluding steroid dienone is 1. The zero-order valence-electron chi connectivity index (χ0n) is 72.0. The summed E-state index contributed by atoms with van der Waals surface area (Å²) in [6.45, 7) is 6.54. The van der Waals surface area contributed by atoms with E-state index >= 15 is 0 Å². The maximum Gasteiger partial charge on any atom is 0.157 e. The van der Waals surface area contributed by atoms with E-state index in [2.05, 4.69) is 380 Å². The Labute approximate surface area is 768 Å². The van der Waals surface area contributed by atoms with Crippen molar-refractivity contribution in [1.82, 2.24) is 18.3 Å². The van der Waals surface area contributed by atoms with E-state index in [0.29, 0.717) is 46.0 Å². The Bertz CT molecular complexity index is 8780. The number of nitrogens with zero attached hydrogens (tertiary/aromatic N) is 7. The molecule has 0 atom stereocenters. The first-order valence-electron chi connectivity index (χ1n) is 45.2. The van der Waals surface area contributed by atoms with Crippen molar-refractivity contribution in [3.8, 4) is 136 Å². The van der Waals surface area contributed by atoms with Gasteiger partial charge in [-0.3, -0.25) is 14.7 Å². The molecule has 4 aromatic heterocycles. The average molecular weight is 1720 g/mol. The molecule has 13 heteroatoms. The van der Waals surface area contributed by atoms with Gasteiger partial charge in [0.15, 0.2) is 69.0 Å². The van der Waals surface area contributed by atoms with Crippen LogP contribution < -0.4 is 43.1 Å². The summed E-state index contributed by atoms with van der Waals surface area (Å²) in [5.41, 5.74) is 32.7. The van der Waals surface area contributed by atoms with E-state index in [-0.39, 0.29) is 0 Å². The van der Waals surface area contributed by atoms with E-state index in [9.17, 15) is 0 Å². The number of aromatic nitrogens is 4. The maximum atomic E-state index is 7.41. The van der Waals surface area contributed by atoms with Crippen LogP contribution >= 0.6 is 0 Å². The summed E-state index contributed by atoms with van der Waals surface area (Å²) < 4.78 is 51.6. The lowest BCUT2D eigenvalue weighted by Gasteiger charge is -2.39. The number of fused-ring (bicyclic) bond motifs is 22. The predicted molar refractivity (Wildman–Crippen MR) is 543 cm³/mol. The predicted octanol–water partition coefficient (Wildman–Crippen LogP) is 33.8. The van der Waals surface area contributed by atoms with Crippen LogP contribution in [0.25, 0.3) is 161 Å². The van der Waals surface area contributed by atoms with Crippen molar-refractivity contribution in [2.45, 2.75) is 6.92 Å². The molecule has 23 aromatic rings. The first-order valence-corrected chi connectivity index (χ1v) is 45.2. The monoisotopic (exact) mass is 1720 g/mol. The number of rotatable bonds is 11. The summed E-state index contributed by atoms with van der Waals surface area (Å²) in [7, 11) is 0. The van der Waals surface area contributed by atoms with Crippen LogP contribution in [0.5, 0.6) is 69.0 Å². The number of hydrogen-bond acceptors (Lipinski definition) is 9. The fourth-order valence-corrected chi connectivity index (χ4v) is 21.7. The van der Waals surface area contributed by atoms with Crippen LogP contribution in [0, 0.1) is 0 Å². The molecule has 10 heterocycles. The highest BCUT2D eigenvalue weighted by Gasteiger charge is 2.41. The van der Waals surface area contributed by atoms with Gasteiger partial charge in [0.1, 0.15) is 17.1 Å². The molecule has 134 heavy (non-hydrogen) atoms. The summed E-state index contributed by atoms with van der Waals surface area (Å²) in [4.78, 5) is 6.79. The summed E-state index contributed by atoms with van der Waals surface area (Å²) in [6, 6.07) is 143. The number of hydrogen-bond donors (Lipinski definition) is 0. The van der Waals surface area contributed by atoms with Crippen molar-refractivity contribution in [3.05, 3.63) is 424 Å². The molecule has 13 nitrogen and oxygen atoms in total. The SMILES string of the molecule is C=Cc1c(/C=C(\C)c2ccc3c(c2)c2ccccc2n3-c2ccc(-c3ccc(-n4c5ccccc5c5cc(-c6ccc7c(c6)c6ccccc6n7-c6cc7c8c(c6)Oc6cc(-c9cc%10c%11c(c9)Oc9ccccc9N%11c9ccccc9O%10)ccc6N8c6ccc(-c8cc9c%10c(c8)Oc8ccccc8N%10c8ccccc8O9)cc6O7)ccc54)cc3)cc2)c2ccccc2n1-c1ccccc1. The van der Waals surface area contributed by atoms with E-state index in [1.807, 2.05) is 78.9 Å². The van der Waals surface area contributed by atoms with Gasteiger partial charge in [-0.1, -0.05) is 201 Å². The minimum atomic E-state index is 0.633. The number of benzene rings is 19. The molecule has 628 valence electrons. The van der Waals surface area contributed by atoms with E-state index in [0.717, 1.165) is 202 Å². The lowest BCUT2D eigenvalue weighted by atomic mass is 9.98. The van der Waals surface area contributed by atoms with Gasteiger partial charge in [0, 0.05) is 72.5 Å². The fourth-order valence-electron chi connectivity index (χ4n) is 21.7. The molecule has 0 N–H and O–H groups in total. The number of para-hydroxylation sites is 13. The van der Waals surface area contributed by atoms with Crippen LogP contribution in [-0.4, -0.2) is 18.3 Å². The highest BCUT2D eigenvalue weighted by Crippen LogP contribution is 2.66. The maximum absolute atomic E-state index is 7.41. The van der Waals surface area contributed by atoms with E-state index in [4.69, 9.17) is 28.4 Å². The highest BCUT2D eigenvalue weighted by molar-refractivity contribution is 6.15. The third-order valence-corrected chi connectivity index (χ3v) is 27.8. The van der Waals surface area contributed by atoms with Crippen molar-refractivity contribution in [2.24, 2.45) is 0 Å². The molecule has 6 aliphatic rings. The number of anilines is 9. The lowest BCUT2D eigenvalue weighted by molar-refractivity contribution is 0.444. The van der Waals surface area contributed by atoms with Crippen LogP contribution in [0.2, 0.25) is 0 Å². The minimum absolute atomic E-state index is 0.633. The van der Waals surface area contributed by atoms with E-state index in [1.54, 1.807) is 0 Å². The first kappa shape index (κ1) is 73.8. The van der Waals surface area contributed by atoms with E-state index in [1.165, 1.54) is 38.1 Å². The Morgan fingerprint density at radius 1 is 0.216 bits per heavy atom. The van der Waals surface area contributed by atoms with Gasteiger partial charge in [-0.15, -0.1) is 0 Å². The van der Waals surface area contributed by atoms with Gasteiger partial charge in [-0.05, 0) is 269 Å². The van der Waals surface area contributed by atoms with Crippen molar-refractivity contribution < 1.29 is 28.4 Å². The Morgan fingerprint density at radius 3 is 0.940 bits per heavy atom. The molecular formula is C121H73N7O6. The molecule has 0 amide bonds. The molecule has 0 fully saturated rings. The van der Waals surface area contributed by atoms with Crippen LogP contribution in [0.15, 0.2) is 407 Å². The van der Waals surface area contributed by atoms with Gasteiger partial charge < -0.3 is 46.7 Å². The largest absolute Gasteiger partial charge is 0.453 e. The molecule has 0 saturated carbocycles. The molecule has 0 spiro atoms. The standard InChI is InChI=1S/C121H73N7O6/c1-3-93-89(85-25-7-11-29-94(85)122(93)81-23-5-4-6-24-81)59-71(2)74-45-54-98-90(60-74)86-26-8-12-30-95(86)123(98)82-50-41-72(42-51-82)73-43-52-83(53-44-73)124-96-31-13-9-27-87(96)91-61-75(46-55-99(91)124)76-47-56-100-92(62-76)88-28-10-14-32-97(88)125(100)84-69-117-121-118(70-84)134-112-64-78(80-67-115-120-116(68-80)132-110-40-22-18-36-104(110)127(120)103-35-17-21-39-109(103)131-115)49-58-106(112)128(121)105-57-48-77(63-111(105)133-117)79-65-113-119-114(66-79)130-108-38-20-16-34-102(108)126(119)101-33-15-19-37-107(101)129-113/h3-70H,1H2,2H3/b71-59+. The Balaban J connectivity index is 0.501. The minimum Gasteiger partial charge on any atom is -0.453 e. The molecule has 0 bridgehead atoms. The van der Waals surface area contributed by atoms with Gasteiger partial charge in [0.05, 0.1) is 84.1 Å². The zero-order valence-corrected chi connectivity index (χ0v) is 72.0. The van der Waals surface area contributed by atoms with Crippen molar-refractivity contribution >= 4 is 145 Å². The lowest BCUT2D eigenvalue weighted by Crippen LogP contribution is -2.21. The second kappa shape index (κ2) is 28.2. The quantitative estimate of drug-likeness (QED) is 0.126. The van der Waals surface area contributed by atoms with Crippen molar-refractivity contribution in [1.29, 1.82) is 0 Å². The second-order valence-electron chi connectivity index (χ2n) is 35.2. The third kappa shape index (κ3) is 10.9. The van der Waals surface area contributed by atoms with Crippen LogP contribution in [0.4, 0.5) is 51.2 Å². The van der Waals surface area contributed by atoms with Gasteiger partial charge in [-0.25, -0.2) is 0 Å². The van der Waals surface area contributed by atoms with Crippen molar-refractivity contribution in [3.63, 3.8) is 0 Å². The molecule has 0 saturated heterocycles. The van der Waals surface area contributed by atoms with Gasteiger partial charge >= 0.3 is 0 Å².